The molecule has 0 saturated carbocycles. The van der Waals surface area contributed by atoms with E-state index < -0.39 is 0 Å². The van der Waals surface area contributed by atoms with Gasteiger partial charge in [0.15, 0.2) is 0 Å². The molecule has 11 heavy (non-hydrogen) atoms. The Kier molecular flexibility index (Phi) is 4.08. The summed E-state index contributed by atoms with van der Waals surface area (Å²) in [5, 5.41) is 2.92. The molecule has 1 amide bonds. The minimum absolute atomic E-state index is 0.0526. The van der Waals surface area contributed by atoms with Gasteiger partial charge in [0.05, 0.1) is 4.83 Å². The van der Waals surface area contributed by atoms with Gasteiger partial charge in [0, 0.05) is 5.54 Å². The first-order valence-electron chi connectivity index (χ1n) is 3.85. The largest absolute Gasteiger partial charge is 0.350 e. The van der Waals surface area contributed by atoms with E-state index in [0.717, 1.165) is 6.42 Å². The summed E-state index contributed by atoms with van der Waals surface area (Å²) < 4.78 is 0. The molecule has 0 aliphatic carbocycles. The number of hydrogen-bond acceptors (Lipinski definition) is 1. The number of halogens is 1. The van der Waals surface area contributed by atoms with E-state index in [0.29, 0.717) is 0 Å². The van der Waals surface area contributed by atoms with Crippen molar-refractivity contribution < 1.29 is 4.79 Å². The highest BCUT2D eigenvalue weighted by Crippen LogP contribution is 2.08. The smallest absolute Gasteiger partial charge is 0.233 e. The lowest BCUT2D eigenvalue weighted by Crippen LogP contribution is -2.45. The zero-order chi connectivity index (χ0) is 9.07. The van der Waals surface area contributed by atoms with Crippen molar-refractivity contribution in [1.82, 2.24) is 5.32 Å². The van der Waals surface area contributed by atoms with Gasteiger partial charge in [0.1, 0.15) is 0 Å². The van der Waals surface area contributed by atoms with Crippen LogP contribution in [-0.4, -0.2) is 16.3 Å². The lowest BCUT2D eigenvalue weighted by molar-refractivity contribution is -0.121. The van der Waals surface area contributed by atoms with E-state index in [2.05, 4.69) is 28.2 Å². The second-order valence-electron chi connectivity index (χ2n) is 3.34. The van der Waals surface area contributed by atoms with Gasteiger partial charge in [0.2, 0.25) is 5.91 Å². The standard InChI is InChI=1S/C8H16BrNO/c1-5-8(3,4)10-7(11)6(2)9/h6H,5H2,1-4H3,(H,10,11). The van der Waals surface area contributed by atoms with Gasteiger partial charge in [-0.3, -0.25) is 4.79 Å². The zero-order valence-electron chi connectivity index (χ0n) is 7.57. The zero-order valence-corrected chi connectivity index (χ0v) is 9.16. The number of rotatable bonds is 3. The lowest BCUT2D eigenvalue weighted by atomic mass is 10.0. The molecule has 1 atom stereocenters. The fourth-order valence-corrected chi connectivity index (χ4v) is 0.636. The Labute approximate surface area is 76.9 Å². The molecule has 1 N–H and O–H groups in total. The molecule has 0 aromatic carbocycles. The maximum Gasteiger partial charge on any atom is 0.233 e. The average Bonchev–Trinajstić information content (AvgIpc) is 1.87. The van der Waals surface area contributed by atoms with Crippen LogP contribution < -0.4 is 5.32 Å². The maximum atomic E-state index is 11.2. The minimum atomic E-state index is -0.103. The monoisotopic (exact) mass is 221 g/mol. The summed E-state index contributed by atoms with van der Waals surface area (Å²) in [5.41, 5.74) is -0.0842. The molecule has 0 rings (SSSR count). The third kappa shape index (κ3) is 4.40. The lowest BCUT2D eigenvalue weighted by Gasteiger charge is -2.25. The molecular formula is C8H16BrNO. The second-order valence-corrected chi connectivity index (χ2v) is 4.72. The van der Waals surface area contributed by atoms with Crippen molar-refractivity contribution >= 4 is 21.8 Å². The Morgan fingerprint density at radius 1 is 1.64 bits per heavy atom. The topological polar surface area (TPSA) is 29.1 Å². The van der Waals surface area contributed by atoms with Gasteiger partial charge in [-0.15, -0.1) is 0 Å². The van der Waals surface area contributed by atoms with Crippen LogP contribution in [0, 0.1) is 0 Å². The van der Waals surface area contributed by atoms with Crippen molar-refractivity contribution in [1.29, 1.82) is 0 Å². The SMILES string of the molecule is CCC(C)(C)NC(=O)C(C)Br. The van der Waals surface area contributed by atoms with Crippen molar-refractivity contribution in [3.8, 4) is 0 Å². The van der Waals surface area contributed by atoms with Gasteiger partial charge < -0.3 is 5.32 Å². The van der Waals surface area contributed by atoms with Gasteiger partial charge >= 0.3 is 0 Å². The molecule has 0 aliphatic heterocycles. The number of alkyl halides is 1. The Morgan fingerprint density at radius 2 is 2.09 bits per heavy atom. The van der Waals surface area contributed by atoms with Crippen LogP contribution in [0.1, 0.15) is 34.1 Å². The predicted molar refractivity (Wildman–Crippen MR) is 50.9 cm³/mol. The molecule has 0 radical (unpaired) electrons. The van der Waals surface area contributed by atoms with Crippen molar-refractivity contribution in [3.63, 3.8) is 0 Å². The first-order chi connectivity index (χ1) is 4.89. The first kappa shape index (κ1) is 11.0. The van der Waals surface area contributed by atoms with Crippen LogP contribution in [0.4, 0.5) is 0 Å². The number of carbonyl (C=O) groups is 1. The summed E-state index contributed by atoms with van der Waals surface area (Å²) in [6, 6.07) is 0. The Balaban J connectivity index is 3.94. The molecule has 0 aromatic heterocycles. The van der Waals surface area contributed by atoms with E-state index in [1.165, 1.54) is 0 Å². The Bertz CT molecular complexity index is 143. The Morgan fingerprint density at radius 3 is 2.36 bits per heavy atom. The van der Waals surface area contributed by atoms with Crippen molar-refractivity contribution in [3.05, 3.63) is 0 Å². The average molecular weight is 222 g/mol. The summed E-state index contributed by atoms with van der Waals surface area (Å²) in [5.74, 6) is 0.0526. The molecule has 66 valence electrons. The van der Waals surface area contributed by atoms with Gasteiger partial charge in [0.25, 0.3) is 0 Å². The van der Waals surface area contributed by atoms with Crippen LogP contribution in [0.15, 0.2) is 0 Å². The highest BCUT2D eigenvalue weighted by atomic mass is 79.9. The van der Waals surface area contributed by atoms with Gasteiger partial charge in [-0.05, 0) is 27.2 Å². The van der Waals surface area contributed by atoms with Crippen molar-refractivity contribution in [2.45, 2.75) is 44.5 Å². The van der Waals surface area contributed by atoms with E-state index in [-0.39, 0.29) is 16.3 Å². The predicted octanol–water partition coefficient (Wildman–Crippen LogP) is 2.07. The minimum Gasteiger partial charge on any atom is -0.350 e. The van der Waals surface area contributed by atoms with Gasteiger partial charge in [-0.2, -0.15) is 0 Å². The Hall–Kier alpha value is -0.0500. The molecule has 3 heteroatoms. The van der Waals surface area contributed by atoms with E-state index >= 15 is 0 Å². The summed E-state index contributed by atoms with van der Waals surface area (Å²) >= 11 is 3.21. The third-order valence-electron chi connectivity index (χ3n) is 1.71. The molecule has 0 saturated heterocycles. The maximum absolute atomic E-state index is 11.2. The number of amides is 1. The van der Waals surface area contributed by atoms with Crippen molar-refractivity contribution in [2.75, 3.05) is 0 Å². The molecular weight excluding hydrogens is 206 g/mol. The van der Waals surface area contributed by atoms with E-state index in [4.69, 9.17) is 0 Å². The first-order valence-corrected chi connectivity index (χ1v) is 4.76. The van der Waals surface area contributed by atoms with E-state index in [9.17, 15) is 4.79 Å². The van der Waals surface area contributed by atoms with Crippen LogP contribution in [0.2, 0.25) is 0 Å². The number of carbonyl (C=O) groups excluding carboxylic acids is 1. The molecule has 0 bridgehead atoms. The summed E-state index contributed by atoms with van der Waals surface area (Å²) in [4.78, 5) is 11.1. The van der Waals surface area contributed by atoms with E-state index in [1.54, 1.807) is 0 Å². The number of hydrogen-bond donors (Lipinski definition) is 1. The fourth-order valence-electron chi connectivity index (χ4n) is 0.521. The highest BCUT2D eigenvalue weighted by molar-refractivity contribution is 9.10. The number of nitrogens with one attached hydrogen (secondary N) is 1. The second kappa shape index (κ2) is 4.10. The molecule has 0 fully saturated rings. The van der Waals surface area contributed by atoms with Crippen LogP contribution in [0.25, 0.3) is 0 Å². The van der Waals surface area contributed by atoms with Crippen LogP contribution in [0.5, 0.6) is 0 Å². The molecule has 0 aromatic rings. The molecule has 0 spiro atoms. The van der Waals surface area contributed by atoms with Crippen LogP contribution in [-0.2, 0) is 4.79 Å². The molecule has 2 nitrogen and oxygen atoms in total. The third-order valence-corrected chi connectivity index (χ3v) is 2.12. The molecule has 0 heterocycles. The van der Waals surface area contributed by atoms with Crippen LogP contribution >= 0.6 is 15.9 Å². The van der Waals surface area contributed by atoms with E-state index in [1.807, 2.05) is 20.8 Å². The van der Waals surface area contributed by atoms with Gasteiger partial charge in [-0.1, -0.05) is 22.9 Å². The van der Waals surface area contributed by atoms with Gasteiger partial charge in [-0.25, -0.2) is 0 Å². The summed E-state index contributed by atoms with van der Waals surface area (Å²) in [6.45, 7) is 7.90. The quantitative estimate of drug-likeness (QED) is 0.727. The summed E-state index contributed by atoms with van der Waals surface area (Å²) in [6.07, 6.45) is 0.943. The van der Waals surface area contributed by atoms with Crippen molar-refractivity contribution in [2.24, 2.45) is 0 Å². The fraction of sp³-hybridized carbons (Fsp3) is 0.875. The highest BCUT2D eigenvalue weighted by Gasteiger charge is 2.19. The normalized spacial score (nSPS) is 14.3. The molecule has 1 unspecified atom stereocenters. The summed E-state index contributed by atoms with van der Waals surface area (Å²) in [7, 11) is 0. The molecule has 0 aliphatic rings. The van der Waals surface area contributed by atoms with Crippen LogP contribution in [0.3, 0.4) is 0 Å².